The molecule has 2 bridgehead atoms. The maximum atomic E-state index is 13.6. The lowest BCUT2D eigenvalue weighted by molar-refractivity contribution is -0.597. The Morgan fingerprint density at radius 2 is 1.81 bits per heavy atom. The molecule has 36 heavy (non-hydrogen) atoms. The molecule has 4 fully saturated rings. The van der Waals surface area contributed by atoms with Crippen molar-refractivity contribution in [3.8, 4) is 0 Å². The minimum atomic E-state index is -5.10. The fourth-order valence-electron chi connectivity index (χ4n) is 7.86. The van der Waals surface area contributed by atoms with Crippen molar-refractivity contribution >= 4 is 16.1 Å². The molecule has 2 aromatic carbocycles. The van der Waals surface area contributed by atoms with Crippen LogP contribution >= 0.6 is 0 Å². The maximum absolute atomic E-state index is 13.6. The smallest absolute Gasteiger partial charge is 0.426 e. The third-order valence-corrected chi connectivity index (χ3v) is 12.3. The number of hydrogen-bond donors (Lipinski definition) is 1. The molecule has 0 heterocycles. The van der Waals surface area contributed by atoms with Gasteiger partial charge in [-0.25, -0.2) is 0 Å². The number of halogens is 4. The molecule has 1 N–H and O–H groups in total. The number of alkyl halides is 3. The zero-order valence-corrected chi connectivity index (χ0v) is 22.1. The molecule has 2 aromatic rings. The molecular weight excluding hydrogens is 608 g/mol. The van der Waals surface area contributed by atoms with Gasteiger partial charge < -0.3 is 4.74 Å². The average molecular weight is 633 g/mol. The van der Waals surface area contributed by atoms with Gasteiger partial charge in [-0.15, -0.1) is 0 Å². The Bertz CT molecular complexity index is 1320. The highest BCUT2D eigenvalue weighted by molar-refractivity contribution is 7.85. The number of esters is 1. The third kappa shape index (κ3) is 3.73. The summed E-state index contributed by atoms with van der Waals surface area (Å²) >= 11 is -0.457. The quantitative estimate of drug-likeness (QED) is 0.286. The summed E-state index contributed by atoms with van der Waals surface area (Å²) in [7, 11) is -5.00. The summed E-state index contributed by atoms with van der Waals surface area (Å²) in [6.07, 6.45) is -4.76. The van der Waals surface area contributed by atoms with E-state index in [0.717, 1.165) is 24.8 Å². The van der Waals surface area contributed by atoms with E-state index in [1.165, 1.54) is 7.14 Å². The first-order valence-corrected chi connectivity index (χ1v) is 15.7. The van der Waals surface area contributed by atoms with Crippen LogP contribution in [0.25, 0.3) is 0 Å². The lowest BCUT2D eigenvalue weighted by Crippen LogP contribution is -3.61. The number of fused-ring (bicyclic) bond motifs is 1. The second kappa shape index (κ2) is 8.17. The number of ether oxygens (including phenoxy) is 1. The first kappa shape index (κ1) is 24.7. The molecular formula is C26H25F3IO5S+. The lowest BCUT2D eigenvalue weighted by atomic mass is 9.58. The first-order chi connectivity index (χ1) is 16.9. The Kier molecular flexibility index (Phi) is 5.60. The molecule has 0 aromatic heterocycles. The topological polar surface area (TPSA) is 80.7 Å². The highest BCUT2D eigenvalue weighted by Crippen LogP contribution is 2.93. The van der Waals surface area contributed by atoms with Gasteiger partial charge in [-0.1, -0.05) is 30.3 Å². The van der Waals surface area contributed by atoms with Gasteiger partial charge in [0.05, 0.1) is 5.41 Å². The van der Waals surface area contributed by atoms with E-state index in [9.17, 15) is 26.4 Å². The summed E-state index contributed by atoms with van der Waals surface area (Å²) in [6, 6.07) is 18.2. The van der Waals surface area contributed by atoms with Gasteiger partial charge in [-0.05, 0) is 78.7 Å². The second-order valence-electron chi connectivity index (χ2n) is 10.7. The van der Waals surface area contributed by atoms with Crippen LogP contribution < -0.4 is 21.2 Å². The van der Waals surface area contributed by atoms with Crippen molar-refractivity contribution in [2.24, 2.45) is 28.6 Å². The van der Waals surface area contributed by atoms with Gasteiger partial charge in [0.15, 0.2) is 7.14 Å². The summed E-state index contributed by atoms with van der Waals surface area (Å²) in [5, 5.41) is 0. The molecule has 4 saturated carbocycles. The number of rotatable bonds is 7. The van der Waals surface area contributed by atoms with E-state index in [2.05, 4.69) is 24.3 Å². The highest BCUT2D eigenvalue weighted by atomic mass is 127. The fourth-order valence-corrected chi connectivity index (χ4v) is 10.9. The minimum absolute atomic E-state index is 0.233. The van der Waals surface area contributed by atoms with Crippen LogP contribution in [0.2, 0.25) is 0 Å². The summed E-state index contributed by atoms with van der Waals surface area (Å²) in [6.45, 7) is 0. The maximum Gasteiger partial charge on any atom is 0.426 e. The second-order valence-corrected chi connectivity index (χ2v) is 15.2. The summed E-state index contributed by atoms with van der Waals surface area (Å²) in [5.74, 6) is -1.85. The number of benzene rings is 2. The van der Waals surface area contributed by atoms with Gasteiger partial charge >= 0.3 is 33.4 Å². The zero-order valence-electron chi connectivity index (χ0n) is 19.1. The van der Waals surface area contributed by atoms with E-state index >= 15 is 0 Å². The molecule has 4 aliphatic carbocycles. The van der Waals surface area contributed by atoms with Crippen LogP contribution in [0.5, 0.6) is 0 Å². The van der Waals surface area contributed by atoms with E-state index in [-0.39, 0.29) is 17.8 Å². The third-order valence-electron chi connectivity index (χ3n) is 8.89. The largest absolute Gasteiger partial charge is 0.451 e. The molecule has 0 radical (unpaired) electrons. The van der Waals surface area contributed by atoms with Gasteiger partial charge in [0.25, 0.3) is 10.1 Å². The van der Waals surface area contributed by atoms with E-state index in [0.29, 0.717) is 12.3 Å². The van der Waals surface area contributed by atoms with Crippen LogP contribution in [-0.4, -0.2) is 37.0 Å². The Morgan fingerprint density at radius 1 is 1.08 bits per heavy atom. The van der Waals surface area contributed by atoms with Crippen LogP contribution in [-0.2, 0) is 19.6 Å². The molecule has 4 aliphatic rings. The van der Waals surface area contributed by atoms with Crippen LogP contribution in [0.15, 0.2) is 54.6 Å². The van der Waals surface area contributed by atoms with E-state index in [4.69, 9.17) is 9.29 Å². The SMILES string of the molecule is O=C(OC(CS(=O)(=O)O)C(F)(F)F)C12CC3CC4CC1(C4C3)C2c1cccc([I+]c2ccccc2)c1. The van der Waals surface area contributed by atoms with E-state index < -0.39 is 66.2 Å². The molecule has 0 saturated heterocycles. The molecule has 0 aliphatic heterocycles. The monoisotopic (exact) mass is 633 g/mol. The van der Waals surface area contributed by atoms with Crippen molar-refractivity contribution in [3.05, 3.63) is 67.3 Å². The normalized spacial score (nSPS) is 34.9. The molecule has 5 nitrogen and oxygen atoms in total. The van der Waals surface area contributed by atoms with Crippen molar-refractivity contribution in [1.82, 2.24) is 0 Å². The van der Waals surface area contributed by atoms with Crippen molar-refractivity contribution in [2.75, 3.05) is 5.75 Å². The standard InChI is InChI=1S/C26H24F3IO5S/c27-26(28,29)21(14-36(32,33)34)35-23(31)25-12-15-9-17-13-24(25,20(17)10-15)22(25)16-5-4-8-19(11-16)30-18-6-2-1-3-7-18/h1-8,11,15,17,20-22H,9-10,12-14H2/p+1. The van der Waals surface area contributed by atoms with Crippen LogP contribution in [0.1, 0.15) is 37.2 Å². The average Bonchev–Trinajstić information content (AvgIpc) is 3.36. The van der Waals surface area contributed by atoms with Gasteiger partial charge in [0.1, 0.15) is 5.75 Å². The van der Waals surface area contributed by atoms with Gasteiger partial charge in [-0.2, -0.15) is 21.6 Å². The number of carbonyl (C=O) groups is 1. The lowest BCUT2D eigenvalue weighted by Gasteiger charge is -2.46. The van der Waals surface area contributed by atoms with E-state index in [1.54, 1.807) is 0 Å². The van der Waals surface area contributed by atoms with Gasteiger partial charge in [0.2, 0.25) is 6.10 Å². The highest BCUT2D eigenvalue weighted by Gasteiger charge is 2.90. The molecule has 7 unspecified atom stereocenters. The van der Waals surface area contributed by atoms with Gasteiger partial charge in [0, 0.05) is 5.92 Å². The minimum Gasteiger partial charge on any atom is -0.451 e. The van der Waals surface area contributed by atoms with Gasteiger partial charge in [-0.3, -0.25) is 9.35 Å². The molecule has 6 rings (SSSR count). The van der Waals surface area contributed by atoms with Crippen LogP contribution in [0, 0.1) is 35.7 Å². The zero-order chi connectivity index (χ0) is 25.5. The summed E-state index contributed by atoms with van der Waals surface area (Å²) < 4.78 is 79.8. The summed E-state index contributed by atoms with van der Waals surface area (Å²) in [4.78, 5) is 13.6. The Labute approximate surface area is 217 Å². The van der Waals surface area contributed by atoms with E-state index in [1.807, 2.05) is 30.3 Å². The molecule has 7 atom stereocenters. The number of hydrogen-bond acceptors (Lipinski definition) is 4. The van der Waals surface area contributed by atoms with Crippen molar-refractivity contribution in [1.29, 1.82) is 0 Å². The molecule has 10 heteroatoms. The predicted octanol–water partition coefficient (Wildman–Crippen LogP) is 1.70. The predicted molar refractivity (Wildman–Crippen MR) is 119 cm³/mol. The fraction of sp³-hybridized carbons (Fsp3) is 0.500. The summed E-state index contributed by atoms with van der Waals surface area (Å²) in [5.41, 5.74) is -0.524. The van der Waals surface area contributed by atoms with Crippen LogP contribution in [0.3, 0.4) is 0 Å². The molecule has 192 valence electrons. The Hall–Kier alpha value is -1.66. The molecule has 0 amide bonds. The van der Waals surface area contributed by atoms with Crippen molar-refractivity contribution in [3.63, 3.8) is 0 Å². The number of carbonyl (C=O) groups excluding carboxylic acids is 1. The Morgan fingerprint density at radius 3 is 2.50 bits per heavy atom. The first-order valence-electron chi connectivity index (χ1n) is 12.0. The van der Waals surface area contributed by atoms with Crippen molar-refractivity contribution in [2.45, 2.75) is 43.9 Å². The molecule has 1 spiro atoms. The van der Waals surface area contributed by atoms with Crippen LogP contribution in [0.4, 0.5) is 13.2 Å². The van der Waals surface area contributed by atoms with Crippen molar-refractivity contribution < 1.29 is 56.9 Å². The Balaban J connectivity index is 1.34.